The molecule has 26 heavy (non-hydrogen) atoms. The summed E-state index contributed by atoms with van der Waals surface area (Å²) in [6.45, 7) is 1.97. The quantitative estimate of drug-likeness (QED) is 0.660. The van der Waals surface area contributed by atoms with Crippen molar-refractivity contribution in [2.75, 3.05) is 11.9 Å². The fourth-order valence-corrected chi connectivity index (χ4v) is 2.60. The Kier molecular flexibility index (Phi) is 5.30. The first-order valence-electron chi connectivity index (χ1n) is 7.94. The molecule has 1 aromatic heterocycles. The van der Waals surface area contributed by atoms with Gasteiger partial charge in [-0.15, -0.1) is 0 Å². The molecule has 7 heteroatoms. The first-order chi connectivity index (χ1) is 12.6. The molecule has 0 atom stereocenters. The van der Waals surface area contributed by atoms with Gasteiger partial charge in [0.15, 0.2) is 5.78 Å². The molecule has 0 saturated carbocycles. The first-order valence-corrected chi connectivity index (χ1v) is 8.32. The average molecular weight is 367 g/mol. The van der Waals surface area contributed by atoms with Gasteiger partial charge in [-0.1, -0.05) is 28.9 Å². The fourth-order valence-electron chi connectivity index (χ4n) is 2.41. The highest BCUT2D eigenvalue weighted by molar-refractivity contribution is 6.30. The Bertz CT molecular complexity index is 991. The van der Waals surface area contributed by atoms with Gasteiger partial charge in [0.25, 0.3) is 0 Å². The molecule has 0 saturated heterocycles. The number of rotatable bonds is 6. The summed E-state index contributed by atoms with van der Waals surface area (Å²) in [5, 5.41) is 16.9. The predicted octanol–water partition coefficient (Wildman–Crippen LogP) is 4.12. The normalized spacial score (nSPS) is 10.3. The number of carbonyl (C=O) groups is 1. The van der Waals surface area contributed by atoms with Gasteiger partial charge in [0.1, 0.15) is 6.07 Å². The van der Waals surface area contributed by atoms with Crippen LogP contribution in [0.1, 0.15) is 28.7 Å². The van der Waals surface area contributed by atoms with Crippen molar-refractivity contribution < 1.29 is 9.32 Å². The van der Waals surface area contributed by atoms with Crippen LogP contribution >= 0.6 is 11.6 Å². The highest BCUT2D eigenvalue weighted by atomic mass is 35.5. The van der Waals surface area contributed by atoms with Crippen molar-refractivity contribution in [3.63, 3.8) is 0 Å². The van der Waals surface area contributed by atoms with Gasteiger partial charge in [0.2, 0.25) is 11.7 Å². The molecule has 0 unspecified atom stereocenters. The lowest BCUT2D eigenvalue weighted by molar-refractivity contribution is 0.101. The third-order valence-electron chi connectivity index (χ3n) is 3.75. The minimum Gasteiger partial charge on any atom is -0.383 e. The van der Waals surface area contributed by atoms with Crippen molar-refractivity contribution in [3.8, 4) is 17.5 Å². The molecule has 2 aromatic carbocycles. The first kappa shape index (κ1) is 17.6. The molecule has 3 rings (SSSR count). The molecule has 0 spiro atoms. The van der Waals surface area contributed by atoms with Gasteiger partial charge in [-0.25, -0.2) is 0 Å². The van der Waals surface area contributed by atoms with Crippen molar-refractivity contribution in [2.24, 2.45) is 0 Å². The monoisotopic (exact) mass is 366 g/mol. The lowest BCUT2D eigenvalue weighted by Crippen LogP contribution is -2.07. The lowest BCUT2D eigenvalue weighted by Gasteiger charge is -2.08. The molecule has 6 nitrogen and oxygen atoms in total. The van der Waals surface area contributed by atoms with Gasteiger partial charge in [0, 0.05) is 29.1 Å². The Morgan fingerprint density at radius 1 is 1.31 bits per heavy atom. The second-order valence-electron chi connectivity index (χ2n) is 5.63. The molecule has 0 aliphatic rings. The van der Waals surface area contributed by atoms with Gasteiger partial charge in [-0.3, -0.25) is 4.79 Å². The number of nitriles is 1. The molecule has 0 bridgehead atoms. The zero-order valence-electron chi connectivity index (χ0n) is 14.0. The van der Waals surface area contributed by atoms with Crippen LogP contribution in [0.4, 0.5) is 5.69 Å². The van der Waals surface area contributed by atoms with E-state index in [1.165, 1.54) is 6.92 Å². The van der Waals surface area contributed by atoms with Crippen molar-refractivity contribution in [1.29, 1.82) is 5.26 Å². The van der Waals surface area contributed by atoms with Crippen molar-refractivity contribution in [1.82, 2.24) is 10.1 Å². The summed E-state index contributed by atoms with van der Waals surface area (Å²) in [4.78, 5) is 15.8. The molecule has 130 valence electrons. The summed E-state index contributed by atoms with van der Waals surface area (Å²) in [7, 11) is 0. The maximum absolute atomic E-state index is 11.5. The highest BCUT2D eigenvalue weighted by Gasteiger charge is 2.10. The molecular weight excluding hydrogens is 352 g/mol. The standard InChI is InChI=1S/C19H15ClN4O2/c1-12(25)13-5-6-15(11-21)17(10-13)22-8-7-18-23-19(24-26-18)14-3-2-4-16(20)9-14/h2-6,9-10,22H,7-8H2,1H3. The molecule has 0 fully saturated rings. The van der Waals surface area contributed by atoms with Crippen LogP contribution in [0.3, 0.4) is 0 Å². The second kappa shape index (κ2) is 7.81. The van der Waals surface area contributed by atoms with Gasteiger partial charge < -0.3 is 9.84 Å². The van der Waals surface area contributed by atoms with Crippen molar-refractivity contribution >= 4 is 23.1 Å². The number of hydrogen-bond acceptors (Lipinski definition) is 6. The Morgan fingerprint density at radius 3 is 2.88 bits per heavy atom. The maximum atomic E-state index is 11.5. The topological polar surface area (TPSA) is 91.8 Å². The Balaban J connectivity index is 1.67. The summed E-state index contributed by atoms with van der Waals surface area (Å²) < 4.78 is 5.25. The number of nitrogens with zero attached hydrogens (tertiary/aromatic N) is 3. The number of nitrogens with one attached hydrogen (secondary N) is 1. The highest BCUT2D eigenvalue weighted by Crippen LogP contribution is 2.20. The van der Waals surface area contributed by atoms with Crippen LogP contribution < -0.4 is 5.32 Å². The van der Waals surface area contributed by atoms with E-state index in [0.717, 1.165) is 5.56 Å². The maximum Gasteiger partial charge on any atom is 0.228 e. The van der Waals surface area contributed by atoms with E-state index in [1.54, 1.807) is 30.3 Å². The van der Waals surface area contributed by atoms with Crippen LogP contribution in [-0.2, 0) is 6.42 Å². The number of Topliss-reactive ketones (excluding diaryl/α,β-unsaturated/α-hetero) is 1. The number of halogens is 1. The minimum atomic E-state index is -0.0550. The fraction of sp³-hybridized carbons (Fsp3) is 0.158. The molecule has 0 aliphatic heterocycles. The third-order valence-corrected chi connectivity index (χ3v) is 3.99. The van der Waals surface area contributed by atoms with E-state index in [9.17, 15) is 10.1 Å². The van der Waals surface area contributed by atoms with E-state index < -0.39 is 0 Å². The number of aromatic nitrogens is 2. The number of ketones is 1. The van der Waals surface area contributed by atoms with E-state index >= 15 is 0 Å². The van der Waals surface area contributed by atoms with E-state index in [-0.39, 0.29) is 5.78 Å². The molecule has 1 N–H and O–H groups in total. The summed E-state index contributed by atoms with van der Waals surface area (Å²) in [5.74, 6) is 0.883. The van der Waals surface area contributed by atoms with Crippen molar-refractivity contribution in [3.05, 3.63) is 64.5 Å². The number of carbonyl (C=O) groups excluding carboxylic acids is 1. The van der Waals surface area contributed by atoms with E-state index in [0.29, 0.717) is 46.5 Å². The van der Waals surface area contributed by atoms with Crippen LogP contribution in [0, 0.1) is 11.3 Å². The zero-order chi connectivity index (χ0) is 18.5. The Labute approximate surface area is 155 Å². The summed E-state index contributed by atoms with van der Waals surface area (Å²) in [6.07, 6.45) is 0.475. The number of benzene rings is 2. The SMILES string of the molecule is CC(=O)c1ccc(C#N)c(NCCc2nc(-c3cccc(Cl)c3)no2)c1. The summed E-state index contributed by atoms with van der Waals surface area (Å²) in [5.41, 5.74) is 2.41. The van der Waals surface area contributed by atoms with Gasteiger partial charge in [-0.2, -0.15) is 10.2 Å². The van der Waals surface area contributed by atoms with Crippen LogP contribution in [0.5, 0.6) is 0 Å². The largest absolute Gasteiger partial charge is 0.383 e. The van der Waals surface area contributed by atoms with Crippen LogP contribution in [0.15, 0.2) is 47.0 Å². The molecule has 3 aromatic rings. The third kappa shape index (κ3) is 4.08. The van der Waals surface area contributed by atoms with Crippen LogP contribution in [0.25, 0.3) is 11.4 Å². The smallest absolute Gasteiger partial charge is 0.228 e. The minimum absolute atomic E-state index is 0.0550. The number of anilines is 1. The van der Waals surface area contributed by atoms with Gasteiger partial charge in [-0.05, 0) is 37.3 Å². The van der Waals surface area contributed by atoms with Gasteiger partial charge in [0.05, 0.1) is 11.3 Å². The number of hydrogen-bond donors (Lipinski definition) is 1. The molecule has 0 amide bonds. The predicted molar refractivity (Wildman–Crippen MR) is 98.1 cm³/mol. The van der Waals surface area contributed by atoms with E-state index in [2.05, 4.69) is 21.5 Å². The van der Waals surface area contributed by atoms with E-state index in [1.807, 2.05) is 12.1 Å². The van der Waals surface area contributed by atoms with Crippen LogP contribution in [0.2, 0.25) is 5.02 Å². The summed E-state index contributed by atoms with van der Waals surface area (Å²) >= 11 is 5.97. The van der Waals surface area contributed by atoms with Crippen molar-refractivity contribution in [2.45, 2.75) is 13.3 Å². The summed E-state index contributed by atoms with van der Waals surface area (Å²) in [6, 6.07) is 14.3. The van der Waals surface area contributed by atoms with Crippen LogP contribution in [-0.4, -0.2) is 22.5 Å². The molecular formula is C19H15ClN4O2. The molecule has 1 heterocycles. The second-order valence-corrected chi connectivity index (χ2v) is 6.06. The Hall–Kier alpha value is -3.17. The molecule has 0 radical (unpaired) electrons. The molecule has 0 aliphatic carbocycles. The Morgan fingerprint density at radius 2 is 2.15 bits per heavy atom. The zero-order valence-corrected chi connectivity index (χ0v) is 14.7. The average Bonchev–Trinajstić information content (AvgIpc) is 3.10. The lowest BCUT2D eigenvalue weighted by atomic mass is 10.1. The van der Waals surface area contributed by atoms with Gasteiger partial charge >= 0.3 is 0 Å². The van der Waals surface area contributed by atoms with E-state index in [4.69, 9.17) is 16.1 Å².